The summed E-state index contributed by atoms with van der Waals surface area (Å²) in [7, 11) is 0. The van der Waals surface area contributed by atoms with Gasteiger partial charge >= 0.3 is 5.97 Å². The molecule has 0 aromatic heterocycles. The van der Waals surface area contributed by atoms with Crippen LogP contribution in [0.4, 0.5) is 0 Å². The molecule has 0 spiro atoms. The SMILES string of the molecule is CSC1CCCCC1NCC(C)=CC(=O)O. The molecule has 1 aliphatic rings. The van der Waals surface area contributed by atoms with Crippen molar-refractivity contribution in [1.29, 1.82) is 0 Å². The van der Waals surface area contributed by atoms with Crippen molar-refractivity contribution >= 4 is 17.7 Å². The Morgan fingerprint density at radius 2 is 2.19 bits per heavy atom. The van der Waals surface area contributed by atoms with Gasteiger partial charge in [0.25, 0.3) is 0 Å². The highest BCUT2D eigenvalue weighted by Crippen LogP contribution is 2.27. The van der Waals surface area contributed by atoms with Crippen molar-refractivity contribution in [3.8, 4) is 0 Å². The monoisotopic (exact) mass is 243 g/mol. The van der Waals surface area contributed by atoms with E-state index in [4.69, 9.17) is 5.11 Å². The van der Waals surface area contributed by atoms with Gasteiger partial charge in [0.1, 0.15) is 0 Å². The van der Waals surface area contributed by atoms with Gasteiger partial charge in [0.2, 0.25) is 0 Å². The molecule has 0 radical (unpaired) electrons. The largest absolute Gasteiger partial charge is 0.478 e. The van der Waals surface area contributed by atoms with Crippen molar-refractivity contribution in [3.05, 3.63) is 11.6 Å². The minimum atomic E-state index is -0.857. The second kappa shape index (κ2) is 6.97. The normalized spacial score (nSPS) is 26.8. The molecule has 2 atom stereocenters. The highest BCUT2D eigenvalue weighted by Gasteiger charge is 2.23. The van der Waals surface area contributed by atoms with E-state index in [0.717, 1.165) is 5.57 Å². The third-order valence-electron chi connectivity index (χ3n) is 3.02. The van der Waals surface area contributed by atoms with Crippen LogP contribution in [0.3, 0.4) is 0 Å². The molecule has 0 aromatic carbocycles. The Morgan fingerprint density at radius 3 is 2.81 bits per heavy atom. The average Bonchev–Trinajstić information content (AvgIpc) is 2.26. The maximum absolute atomic E-state index is 10.5. The molecule has 0 amide bonds. The van der Waals surface area contributed by atoms with Crippen LogP contribution in [0.5, 0.6) is 0 Å². The van der Waals surface area contributed by atoms with Crippen molar-refractivity contribution < 1.29 is 9.90 Å². The molecule has 16 heavy (non-hydrogen) atoms. The van der Waals surface area contributed by atoms with Gasteiger partial charge in [-0.2, -0.15) is 11.8 Å². The fourth-order valence-electron chi connectivity index (χ4n) is 2.17. The Labute approximate surface area is 102 Å². The lowest BCUT2D eigenvalue weighted by Crippen LogP contribution is -2.41. The minimum absolute atomic E-state index is 0.542. The summed E-state index contributed by atoms with van der Waals surface area (Å²) < 4.78 is 0. The third kappa shape index (κ3) is 4.58. The number of hydrogen-bond acceptors (Lipinski definition) is 3. The van der Waals surface area contributed by atoms with Crippen molar-refractivity contribution in [1.82, 2.24) is 5.32 Å². The zero-order chi connectivity index (χ0) is 12.0. The maximum atomic E-state index is 10.5. The summed E-state index contributed by atoms with van der Waals surface area (Å²) in [4.78, 5) is 10.5. The van der Waals surface area contributed by atoms with Gasteiger partial charge in [0, 0.05) is 23.9 Å². The predicted molar refractivity (Wildman–Crippen MR) is 69.0 cm³/mol. The van der Waals surface area contributed by atoms with E-state index in [9.17, 15) is 4.79 Å². The van der Waals surface area contributed by atoms with E-state index in [-0.39, 0.29) is 0 Å². The van der Waals surface area contributed by atoms with Crippen molar-refractivity contribution in [2.75, 3.05) is 12.8 Å². The maximum Gasteiger partial charge on any atom is 0.328 e. The second-order valence-electron chi connectivity index (χ2n) is 4.37. The number of hydrogen-bond donors (Lipinski definition) is 2. The molecule has 0 heterocycles. The molecular weight excluding hydrogens is 222 g/mol. The highest BCUT2D eigenvalue weighted by atomic mass is 32.2. The Kier molecular flexibility index (Phi) is 5.91. The van der Waals surface area contributed by atoms with E-state index in [1.807, 2.05) is 18.7 Å². The Morgan fingerprint density at radius 1 is 1.50 bits per heavy atom. The number of carboxylic acid groups (broad SMARTS) is 1. The van der Waals surface area contributed by atoms with Crippen LogP contribution in [-0.4, -0.2) is 35.2 Å². The van der Waals surface area contributed by atoms with Crippen molar-refractivity contribution in [2.24, 2.45) is 0 Å². The zero-order valence-electron chi connectivity index (χ0n) is 10.0. The van der Waals surface area contributed by atoms with Crippen LogP contribution in [0.1, 0.15) is 32.6 Å². The Bertz CT molecular complexity index is 266. The molecule has 1 saturated carbocycles. The van der Waals surface area contributed by atoms with Gasteiger partial charge in [-0.25, -0.2) is 4.79 Å². The van der Waals surface area contributed by atoms with Crippen LogP contribution in [0.15, 0.2) is 11.6 Å². The molecule has 1 fully saturated rings. The fraction of sp³-hybridized carbons (Fsp3) is 0.750. The number of carbonyl (C=O) groups is 1. The summed E-state index contributed by atoms with van der Waals surface area (Å²) >= 11 is 1.92. The topological polar surface area (TPSA) is 49.3 Å². The highest BCUT2D eigenvalue weighted by molar-refractivity contribution is 7.99. The Hall–Kier alpha value is -0.480. The third-order valence-corrected chi connectivity index (χ3v) is 4.19. The van der Waals surface area contributed by atoms with Crippen molar-refractivity contribution in [2.45, 2.75) is 43.9 Å². The number of carboxylic acids is 1. The van der Waals surface area contributed by atoms with E-state index in [1.54, 1.807) is 0 Å². The number of thioether (sulfide) groups is 1. The number of rotatable bonds is 5. The molecule has 2 N–H and O–H groups in total. The predicted octanol–water partition coefficient (Wildman–Crippen LogP) is 2.28. The molecule has 4 heteroatoms. The summed E-state index contributed by atoms with van der Waals surface area (Å²) in [6.45, 7) is 2.55. The molecule has 1 rings (SSSR count). The molecule has 0 bridgehead atoms. The van der Waals surface area contributed by atoms with Crippen LogP contribution >= 0.6 is 11.8 Å². The summed E-state index contributed by atoms with van der Waals surface area (Å²) in [6.07, 6.45) is 8.55. The van der Waals surface area contributed by atoms with Gasteiger partial charge in [-0.3, -0.25) is 0 Å². The van der Waals surface area contributed by atoms with Crippen molar-refractivity contribution in [3.63, 3.8) is 0 Å². The van der Waals surface area contributed by atoms with Gasteiger partial charge in [-0.1, -0.05) is 18.4 Å². The second-order valence-corrected chi connectivity index (χ2v) is 5.45. The lowest BCUT2D eigenvalue weighted by Gasteiger charge is -2.31. The van der Waals surface area contributed by atoms with E-state index < -0.39 is 5.97 Å². The van der Waals surface area contributed by atoms with Crippen LogP contribution in [0.2, 0.25) is 0 Å². The molecule has 0 saturated heterocycles. The fourth-order valence-corrected chi connectivity index (χ4v) is 3.13. The van der Waals surface area contributed by atoms with E-state index in [0.29, 0.717) is 17.8 Å². The number of nitrogens with one attached hydrogen (secondary N) is 1. The number of aliphatic carboxylic acids is 1. The molecule has 2 unspecified atom stereocenters. The lowest BCUT2D eigenvalue weighted by molar-refractivity contribution is -0.131. The minimum Gasteiger partial charge on any atom is -0.478 e. The van der Waals surface area contributed by atoms with Crippen LogP contribution in [0, 0.1) is 0 Å². The van der Waals surface area contributed by atoms with Crippen LogP contribution < -0.4 is 5.32 Å². The molecule has 1 aliphatic carbocycles. The first kappa shape index (κ1) is 13.6. The smallest absolute Gasteiger partial charge is 0.328 e. The Balaban J connectivity index is 2.38. The van der Waals surface area contributed by atoms with Gasteiger partial charge < -0.3 is 10.4 Å². The summed E-state index contributed by atoms with van der Waals surface area (Å²) in [5.41, 5.74) is 0.887. The van der Waals surface area contributed by atoms with Gasteiger partial charge in [0.05, 0.1) is 0 Å². The molecule has 0 aliphatic heterocycles. The summed E-state index contributed by atoms with van der Waals surface area (Å²) in [5.74, 6) is -0.857. The molecule has 3 nitrogen and oxygen atoms in total. The first-order valence-corrected chi connectivity index (χ1v) is 7.08. The quantitative estimate of drug-likeness (QED) is 0.727. The first-order valence-electron chi connectivity index (χ1n) is 5.79. The molecular formula is C12H21NO2S. The van der Waals surface area contributed by atoms with Crippen LogP contribution in [-0.2, 0) is 4.79 Å². The summed E-state index contributed by atoms with van der Waals surface area (Å²) in [5, 5.41) is 12.8. The summed E-state index contributed by atoms with van der Waals surface area (Å²) in [6, 6.07) is 0.542. The van der Waals surface area contributed by atoms with Gasteiger partial charge in [-0.05, 0) is 26.0 Å². The first-order chi connectivity index (χ1) is 7.63. The standard InChI is InChI=1S/C12H21NO2S/c1-9(7-12(14)15)8-13-10-5-3-4-6-11(10)16-2/h7,10-11,13H,3-6,8H2,1-2H3,(H,14,15). The van der Waals surface area contributed by atoms with E-state index in [1.165, 1.54) is 31.8 Å². The van der Waals surface area contributed by atoms with Gasteiger partial charge in [-0.15, -0.1) is 0 Å². The molecule has 92 valence electrons. The lowest BCUT2D eigenvalue weighted by atomic mass is 9.94. The molecule has 0 aromatic rings. The van der Waals surface area contributed by atoms with Gasteiger partial charge in [0.15, 0.2) is 0 Å². The van der Waals surface area contributed by atoms with E-state index >= 15 is 0 Å². The zero-order valence-corrected chi connectivity index (χ0v) is 10.8. The average molecular weight is 243 g/mol. The van der Waals surface area contributed by atoms with Crippen LogP contribution in [0.25, 0.3) is 0 Å². The van der Waals surface area contributed by atoms with E-state index in [2.05, 4.69) is 11.6 Å².